The number of carboxylic acid groups (broad SMARTS) is 1. The Morgan fingerprint density at radius 1 is 1.48 bits per heavy atom. The van der Waals surface area contributed by atoms with Gasteiger partial charge in [-0.3, -0.25) is 14.4 Å². The van der Waals surface area contributed by atoms with Crippen molar-refractivity contribution < 1.29 is 24.2 Å². The summed E-state index contributed by atoms with van der Waals surface area (Å²) in [5, 5.41) is 9.09. The molecule has 1 N–H and O–H groups in total. The summed E-state index contributed by atoms with van der Waals surface area (Å²) in [5.41, 5.74) is 0. The summed E-state index contributed by atoms with van der Waals surface area (Å²) in [6, 6.07) is 0. The third-order valence-corrected chi connectivity index (χ3v) is 4.16. The van der Waals surface area contributed by atoms with Gasteiger partial charge in [-0.2, -0.15) is 0 Å². The molecular formula is C16H28N2O5. The lowest BCUT2D eigenvalue weighted by Crippen LogP contribution is -2.46. The molecule has 0 radical (unpaired) electrons. The van der Waals surface area contributed by atoms with Crippen LogP contribution in [0, 0.1) is 11.8 Å². The third kappa shape index (κ3) is 6.17. The van der Waals surface area contributed by atoms with Gasteiger partial charge in [0.15, 0.2) is 0 Å². The van der Waals surface area contributed by atoms with Gasteiger partial charge in [-0.15, -0.1) is 0 Å². The van der Waals surface area contributed by atoms with E-state index in [-0.39, 0.29) is 30.7 Å². The molecule has 7 heteroatoms. The average Bonchev–Trinajstić information content (AvgIpc) is 2.52. The molecule has 0 bridgehead atoms. The van der Waals surface area contributed by atoms with Crippen LogP contribution in [0.4, 0.5) is 0 Å². The Morgan fingerprint density at radius 2 is 2.17 bits per heavy atom. The van der Waals surface area contributed by atoms with Crippen LogP contribution in [0.3, 0.4) is 0 Å². The standard InChI is InChI=1S/C16H28N2O5/c1-4-23-9-5-7-18(11-12(2)16(21)22)15(20)13-6-8-17(3)14(19)10-13/h12-13H,4-11H2,1-3H3,(H,21,22). The molecule has 0 aromatic rings. The number of ether oxygens (including phenoxy) is 1. The summed E-state index contributed by atoms with van der Waals surface area (Å²) in [6.45, 7) is 5.83. The zero-order valence-electron chi connectivity index (χ0n) is 14.3. The van der Waals surface area contributed by atoms with Crippen LogP contribution in [-0.2, 0) is 19.1 Å². The van der Waals surface area contributed by atoms with E-state index < -0.39 is 11.9 Å². The lowest BCUT2D eigenvalue weighted by Gasteiger charge is -2.33. The molecule has 1 aliphatic heterocycles. The fraction of sp³-hybridized carbons (Fsp3) is 0.812. The van der Waals surface area contributed by atoms with Gasteiger partial charge in [-0.1, -0.05) is 6.92 Å². The average molecular weight is 328 g/mol. The van der Waals surface area contributed by atoms with Crippen molar-refractivity contribution in [2.75, 3.05) is 39.9 Å². The van der Waals surface area contributed by atoms with Crippen LogP contribution in [0.1, 0.15) is 33.1 Å². The second kappa shape index (κ2) is 9.50. The first-order valence-electron chi connectivity index (χ1n) is 8.20. The van der Waals surface area contributed by atoms with Crippen molar-refractivity contribution in [2.45, 2.75) is 33.1 Å². The smallest absolute Gasteiger partial charge is 0.308 e. The largest absolute Gasteiger partial charge is 0.481 e. The number of likely N-dealkylation sites (tertiary alicyclic amines) is 1. The number of amides is 2. The molecule has 0 saturated carbocycles. The molecule has 132 valence electrons. The van der Waals surface area contributed by atoms with Crippen molar-refractivity contribution >= 4 is 17.8 Å². The van der Waals surface area contributed by atoms with Gasteiger partial charge in [0.25, 0.3) is 0 Å². The van der Waals surface area contributed by atoms with Crippen molar-refractivity contribution in [1.29, 1.82) is 0 Å². The molecule has 0 aromatic heterocycles. The number of carbonyl (C=O) groups excluding carboxylic acids is 2. The molecule has 1 heterocycles. The van der Waals surface area contributed by atoms with Gasteiger partial charge in [0, 0.05) is 52.2 Å². The van der Waals surface area contributed by atoms with E-state index in [1.807, 2.05) is 6.92 Å². The first-order chi connectivity index (χ1) is 10.9. The molecule has 1 saturated heterocycles. The van der Waals surface area contributed by atoms with E-state index in [9.17, 15) is 14.4 Å². The van der Waals surface area contributed by atoms with Gasteiger partial charge < -0.3 is 19.6 Å². The van der Waals surface area contributed by atoms with E-state index >= 15 is 0 Å². The molecule has 23 heavy (non-hydrogen) atoms. The van der Waals surface area contributed by atoms with Crippen molar-refractivity contribution in [3.8, 4) is 0 Å². The van der Waals surface area contributed by atoms with Crippen molar-refractivity contribution in [3.63, 3.8) is 0 Å². The predicted molar refractivity (Wildman–Crippen MR) is 84.9 cm³/mol. The Morgan fingerprint density at radius 3 is 2.74 bits per heavy atom. The highest BCUT2D eigenvalue weighted by molar-refractivity contribution is 5.87. The highest BCUT2D eigenvalue weighted by Crippen LogP contribution is 2.20. The fourth-order valence-corrected chi connectivity index (χ4v) is 2.61. The lowest BCUT2D eigenvalue weighted by atomic mass is 9.94. The van der Waals surface area contributed by atoms with Crippen LogP contribution in [0.2, 0.25) is 0 Å². The minimum absolute atomic E-state index is 0.0323. The van der Waals surface area contributed by atoms with E-state index in [1.165, 1.54) is 0 Å². The van der Waals surface area contributed by atoms with Crippen LogP contribution >= 0.6 is 0 Å². The summed E-state index contributed by atoms with van der Waals surface area (Å²) >= 11 is 0. The van der Waals surface area contributed by atoms with Crippen LogP contribution in [0.5, 0.6) is 0 Å². The molecule has 0 spiro atoms. The van der Waals surface area contributed by atoms with Crippen LogP contribution < -0.4 is 0 Å². The van der Waals surface area contributed by atoms with Gasteiger partial charge in [0.05, 0.1) is 5.92 Å². The van der Waals surface area contributed by atoms with Gasteiger partial charge in [0.1, 0.15) is 0 Å². The zero-order chi connectivity index (χ0) is 17.4. The maximum atomic E-state index is 12.7. The van der Waals surface area contributed by atoms with E-state index in [0.717, 1.165) is 0 Å². The van der Waals surface area contributed by atoms with E-state index in [0.29, 0.717) is 39.1 Å². The second-order valence-electron chi connectivity index (χ2n) is 6.08. The first kappa shape index (κ1) is 19.4. The number of carbonyl (C=O) groups is 3. The minimum Gasteiger partial charge on any atom is -0.481 e. The normalized spacial score (nSPS) is 19.5. The highest BCUT2D eigenvalue weighted by Gasteiger charge is 2.32. The molecule has 7 nitrogen and oxygen atoms in total. The number of rotatable bonds is 9. The summed E-state index contributed by atoms with van der Waals surface area (Å²) in [6.07, 6.45) is 1.50. The molecule has 1 fully saturated rings. The van der Waals surface area contributed by atoms with Crippen LogP contribution in [0.15, 0.2) is 0 Å². The third-order valence-electron chi connectivity index (χ3n) is 4.16. The number of piperidine rings is 1. The van der Waals surface area contributed by atoms with E-state index in [4.69, 9.17) is 9.84 Å². The lowest BCUT2D eigenvalue weighted by molar-refractivity contribution is -0.147. The van der Waals surface area contributed by atoms with E-state index in [1.54, 1.807) is 23.8 Å². The Balaban J connectivity index is 2.66. The SMILES string of the molecule is CCOCCCN(CC(C)C(=O)O)C(=O)C1CCN(C)C(=O)C1. The Kier molecular flexibility index (Phi) is 8.02. The monoisotopic (exact) mass is 328 g/mol. The molecular weight excluding hydrogens is 300 g/mol. The maximum Gasteiger partial charge on any atom is 0.308 e. The topological polar surface area (TPSA) is 87.2 Å². The summed E-state index contributed by atoms with van der Waals surface area (Å²) in [4.78, 5) is 38.8. The minimum atomic E-state index is -0.924. The quantitative estimate of drug-likeness (QED) is 0.634. The molecule has 1 rings (SSSR count). The second-order valence-corrected chi connectivity index (χ2v) is 6.08. The maximum absolute atomic E-state index is 12.7. The summed E-state index contributed by atoms with van der Waals surface area (Å²) in [5.74, 6) is -2.04. The highest BCUT2D eigenvalue weighted by atomic mass is 16.5. The molecule has 0 aromatic carbocycles. The first-order valence-corrected chi connectivity index (χ1v) is 8.20. The molecule has 1 aliphatic rings. The number of hydrogen-bond acceptors (Lipinski definition) is 4. The Bertz CT molecular complexity index is 427. The van der Waals surface area contributed by atoms with Gasteiger partial charge in [-0.05, 0) is 19.8 Å². The number of aliphatic carboxylic acids is 1. The van der Waals surface area contributed by atoms with Gasteiger partial charge in [-0.25, -0.2) is 0 Å². The Labute approximate surface area is 137 Å². The van der Waals surface area contributed by atoms with Gasteiger partial charge >= 0.3 is 5.97 Å². The fourth-order valence-electron chi connectivity index (χ4n) is 2.61. The van der Waals surface area contributed by atoms with Crippen molar-refractivity contribution in [2.24, 2.45) is 11.8 Å². The predicted octanol–water partition coefficient (Wildman–Crippen LogP) is 0.831. The van der Waals surface area contributed by atoms with E-state index in [2.05, 4.69) is 0 Å². The molecule has 2 atom stereocenters. The van der Waals surface area contributed by atoms with Gasteiger partial charge in [0.2, 0.25) is 11.8 Å². The Hall–Kier alpha value is -1.63. The number of hydrogen-bond donors (Lipinski definition) is 1. The zero-order valence-corrected chi connectivity index (χ0v) is 14.3. The number of carboxylic acids is 1. The van der Waals surface area contributed by atoms with Crippen LogP contribution in [0.25, 0.3) is 0 Å². The molecule has 0 aliphatic carbocycles. The molecule has 2 amide bonds. The summed E-state index contributed by atoms with van der Waals surface area (Å²) < 4.78 is 5.28. The van der Waals surface area contributed by atoms with Crippen LogP contribution in [-0.4, -0.2) is 72.6 Å². The van der Waals surface area contributed by atoms with Crippen molar-refractivity contribution in [1.82, 2.24) is 9.80 Å². The number of nitrogens with zero attached hydrogens (tertiary/aromatic N) is 2. The van der Waals surface area contributed by atoms with Crippen molar-refractivity contribution in [3.05, 3.63) is 0 Å². The summed E-state index contributed by atoms with van der Waals surface area (Å²) in [7, 11) is 1.73. The molecule has 2 unspecified atom stereocenters.